The summed E-state index contributed by atoms with van der Waals surface area (Å²) in [6, 6.07) is 0. The van der Waals surface area contributed by atoms with Gasteiger partial charge in [-0.25, -0.2) is 9.97 Å². The van der Waals surface area contributed by atoms with E-state index >= 15 is 0 Å². The van der Waals surface area contributed by atoms with Crippen molar-refractivity contribution >= 4 is 11.6 Å². The number of nitrogens with zero attached hydrogens (tertiary/aromatic N) is 4. The molecule has 1 aliphatic rings. The van der Waals surface area contributed by atoms with Crippen molar-refractivity contribution in [3.63, 3.8) is 0 Å². The van der Waals surface area contributed by atoms with Gasteiger partial charge in [0.25, 0.3) is 0 Å². The van der Waals surface area contributed by atoms with E-state index in [1.807, 2.05) is 0 Å². The zero-order chi connectivity index (χ0) is 10.8. The van der Waals surface area contributed by atoms with Gasteiger partial charge < -0.3 is 10.0 Å². The Morgan fingerprint density at radius 3 is 2.67 bits per heavy atom. The van der Waals surface area contributed by atoms with Crippen LogP contribution in [0.25, 0.3) is 0 Å². The maximum Gasteiger partial charge on any atom is 0.305 e. The second kappa shape index (κ2) is 3.77. The molecule has 2 heterocycles. The van der Waals surface area contributed by atoms with Crippen LogP contribution in [0.4, 0.5) is 11.6 Å². The van der Waals surface area contributed by atoms with Gasteiger partial charge in [-0.05, 0) is 6.42 Å². The van der Waals surface area contributed by atoms with E-state index in [9.17, 15) is 15.2 Å². The minimum absolute atomic E-state index is 0.126. The van der Waals surface area contributed by atoms with E-state index in [0.717, 1.165) is 0 Å². The molecule has 1 atom stereocenters. The molecule has 7 heteroatoms. The molecule has 1 fully saturated rings. The summed E-state index contributed by atoms with van der Waals surface area (Å²) < 4.78 is 0. The van der Waals surface area contributed by atoms with E-state index in [1.54, 1.807) is 4.90 Å². The fourth-order valence-electron chi connectivity index (χ4n) is 1.50. The Balaban J connectivity index is 2.13. The van der Waals surface area contributed by atoms with E-state index in [2.05, 4.69) is 9.97 Å². The van der Waals surface area contributed by atoms with E-state index in [-0.39, 0.29) is 11.8 Å². The molecule has 1 aromatic rings. The third-order valence-corrected chi connectivity index (χ3v) is 2.28. The summed E-state index contributed by atoms with van der Waals surface area (Å²) in [5, 5.41) is 19.7. The molecule has 0 unspecified atom stereocenters. The van der Waals surface area contributed by atoms with Crippen LogP contribution in [0.2, 0.25) is 0 Å². The average molecular weight is 210 g/mol. The van der Waals surface area contributed by atoms with E-state index in [4.69, 9.17) is 0 Å². The summed E-state index contributed by atoms with van der Waals surface area (Å²) >= 11 is 0. The molecule has 7 nitrogen and oxygen atoms in total. The standard InChI is InChI=1S/C8H10N4O3/c13-7-1-2-11(5-7)8-9-3-6(4-10-8)12(14)15/h3-4,7,13H,1-2,5H2/t7-/m1/s1. The van der Waals surface area contributed by atoms with Crippen LogP contribution >= 0.6 is 0 Å². The van der Waals surface area contributed by atoms with Gasteiger partial charge in [-0.1, -0.05) is 0 Å². The first-order valence-electron chi connectivity index (χ1n) is 4.56. The number of aliphatic hydroxyl groups excluding tert-OH is 1. The average Bonchev–Trinajstić information content (AvgIpc) is 2.65. The van der Waals surface area contributed by atoms with Crippen molar-refractivity contribution in [3.05, 3.63) is 22.5 Å². The van der Waals surface area contributed by atoms with E-state index in [1.165, 1.54) is 12.4 Å². The Bertz CT molecular complexity index is 367. The van der Waals surface area contributed by atoms with Crippen LogP contribution < -0.4 is 4.90 Å². The van der Waals surface area contributed by atoms with Crippen LogP contribution in [0.3, 0.4) is 0 Å². The molecule has 0 amide bonds. The molecule has 0 aromatic carbocycles. The van der Waals surface area contributed by atoms with Gasteiger partial charge in [-0.15, -0.1) is 0 Å². The Hall–Kier alpha value is -1.76. The molecule has 1 saturated heterocycles. The van der Waals surface area contributed by atoms with Crippen LogP contribution in [0.15, 0.2) is 12.4 Å². The highest BCUT2D eigenvalue weighted by Gasteiger charge is 2.22. The highest BCUT2D eigenvalue weighted by Crippen LogP contribution is 2.17. The molecule has 0 bridgehead atoms. The molecule has 1 aliphatic heterocycles. The predicted octanol–water partition coefficient (Wildman–Crippen LogP) is -0.0442. The molecular weight excluding hydrogens is 200 g/mol. The molecule has 1 N–H and O–H groups in total. The van der Waals surface area contributed by atoms with Gasteiger partial charge in [0.2, 0.25) is 5.95 Å². The first-order chi connectivity index (χ1) is 7.16. The van der Waals surface area contributed by atoms with Crippen molar-refractivity contribution in [2.24, 2.45) is 0 Å². The minimum atomic E-state index is -0.539. The van der Waals surface area contributed by atoms with Gasteiger partial charge in [0.05, 0.1) is 11.0 Å². The summed E-state index contributed by atoms with van der Waals surface area (Å²) in [5.74, 6) is 0.428. The fraction of sp³-hybridized carbons (Fsp3) is 0.500. The van der Waals surface area contributed by atoms with E-state index < -0.39 is 4.92 Å². The zero-order valence-corrected chi connectivity index (χ0v) is 7.91. The van der Waals surface area contributed by atoms with Crippen molar-refractivity contribution < 1.29 is 10.0 Å². The summed E-state index contributed by atoms with van der Waals surface area (Å²) in [7, 11) is 0. The van der Waals surface area contributed by atoms with Crippen molar-refractivity contribution in [1.29, 1.82) is 0 Å². The van der Waals surface area contributed by atoms with Gasteiger partial charge in [0, 0.05) is 13.1 Å². The number of rotatable bonds is 2. The third kappa shape index (κ3) is 2.01. The molecule has 0 spiro atoms. The normalized spacial score (nSPS) is 20.6. The molecule has 80 valence electrons. The van der Waals surface area contributed by atoms with Gasteiger partial charge >= 0.3 is 5.69 Å². The summed E-state index contributed by atoms with van der Waals surface area (Å²) in [6.45, 7) is 1.16. The smallest absolute Gasteiger partial charge is 0.305 e. The van der Waals surface area contributed by atoms with Crippen molar-refractivity contribution in [3.8, 4) is 0 Å². The monoisotopic (exact) mass is 210 g/mol. The molecule has 0 saturated carbocycles. The van der Waals surface area contributed by atoms with Crippen LogP contribution in [0, 0.1) is 10.1 Å². The quantitative estimate of drug-likeness (QED) is 0.543. The van der Waals surface area contributed by atoms with Crippen molar-refractivity contribution in [1.82, 2.24) is 9.97 Å². The minimum Gasteiger partial charge on any atom is -0.391 e. The highest BCUT2D eigenvalue weighted by atomic mass is 16.6. The second-order valence-corrected chi connectivity index (χ2v) is 3.39. The maximum absolute atomic E-state index is 10.4. The highest BCUT2D eigenvalue weighted by molar-refractivity contribution is 5.35. The van der Waals surface area contributed by atoms with Crippen molar-refractivity contribution in [2.45, 2.75) is 12.5 Å². The van der Waals surface area contributed by atoms with Gasteiger partial charge in [0.15, 0.2) is 0 Å². The van der Waals surface area contributed by atoms with Crippen LogP contribution in [-0.2, 0) is 0 Å². The van der Waals surface area contributed by atoms with Crippen LogP contribution in [0.5, 0.6) is 0 Å². The molecule has 1 aromatic heterocycles. The topological polar surface area (TPSA) is 92.4 Å². The molecule has 0 aliphatic carbocycles. The first-order valence-corrected chi connectivity index (χ1v) is 4.56. The lowest BCUT2D eigenvalue weighted by atomic mass is 10.3. The lowest BCUT2D eigenvalue weighted by Gasteiger charge is -2.13. The Kier molecular flexibility index (Phi) is 2.46. The number of aliphatic hydroxyl groups is 1. The van der Waals surface area contributed by atoms with Crippen LogP contribution in [-0.4, -0.2) is 39.2 Å². The Labute approximate surface area is 85.5 Å². The van der Waals surface area contributed by atoms with Crippen molar-refractivity contribution in [2.75, 3.05) is 18.0 Å². The zero-order valence-electron chi connectivity index (χ0n) is 7.91. The number of anilines is 1. The van der Waals surface area contributed by atoms with Gasteiger partial charge in [-0.2, -0.15) is 0 Å². The number of aromatic nitrogens is 2. The number of nitro groups is 1. The number of β-amino-alcohol motifs (C(OH)–C–C–N with tert-alkyl or cyclic N) is 1. The predicted molar refractivity (Wildman–Crippen MR) is 51.5 cm³/mol. The second-order valence-electron chi connectivity index (χ2n) is 3.39. The van der Waals surface area contributed by atoms with E-state index in [0.29, 0.717) is 25.5 Å². The maximum atomic E-state index is 10.4. The molecular formula is C8H10N4O3. The number of hydrogen-bond acceptors (Lipinski definition) is 6. The molecule has 15 heavy (non-hydrogen) atoms. The molecule has 0 radical (unpaired) electrons. The summed E-state index contributed by atoms with van der Waals surface area (Å²) in [5.41, 5.74) is -0.126. The largest absolute Gasteiger partial charge is 0.391 e. The fourth-order valence-corrected chi connectivity index (χ4v) is 1.50. The Morgan fingerprint density at radius 1 is 1.53 bits per heavy atom. The van der Waals surface area contributed by atoms with Gasteiger partial charge in [0.1, 0.15) is 12.4 Å². The Morgan fingerprint density at radius 2 is 2.20 bits per heavy atom. The SMILES string of the molecule is O=[N+]([O-])c1cnc(N2CC[C@@H](O)C2)nc1. The summed E-state index contributed by atoms with van der Waals surface area (Å²) in [4.78, 5) is 19.4. The summed E-state index contributed by atoms with van der Waals surface area (Å²) in [6.07, 6.45) is 2.67. The lowest BCUT2D eigenvalue weighted by Crippen LogP contribution is -2.23. The lowest BCUT2D eigenvalue weighted by molar-refractivity contribution is -0.385. The third-order valence-electron chi connectivity index (χ3n) is 2.28. The number of hydrogen-bond donors (Lipinski definition) is 1. The van der Waals surface area contributed by atoms with Gasteiger partial charge in [-0.3, -0.25) is 10.1 Å². The first kappa shape index (κ1) is 9.78. The molecule has 2 rings (SSSR count). The van der Waals surface area contributed by atoms with Crippen LogP contribution in [0.1, 0.15) is 6.42 Å².